The fraction of sp³-hybridized carbons (Fsp3) is 0.444. The van der Waals surface area contributed by atoms with E-state index in [-0.39, 0.29) is 18.8 Å². The van der Waals surface area contributed by atoms with Crippen LogP contribution in [0, 0.1) is 17.6 Å². The van der Waals surface area contributed by atoms with Gasteiger partial charge in [-0.2, -0.15) is 0 Å². The molecule has 0 bridgehead atoms. The Bertz CT molecular complexity index is 718. The van der Waals surface area contributed by atoms with Crippen LogP contribution in [0.2, 0.25) is 0 Å². The predicted molar refractivity (Wildman–Crippen MR) is 91.0 cm³/mol. The number of aliphatic carboxylic acids is 1. The third-order valence-electron chi connectivity index (χ3n) is 3.55. The first kappa shape index (κ1) is 23.0. The van der Waals surface area contributed by atoms with Gasteiger partial charge in [0.2, 0.25) is 5.91 Å². The van der Waals surface area contributed by atoms with Crippen molar-refractivity contribution in [3.05, 3.63) is 35.4 Å². The van der Waals surface area contributed by atoms with Gasteiger partial charge in [0.15, 0.2) is 0 Å². The molecule has 0 saturated carbocycles. The number of halogens is 2. The molecular weight excluding hydrogens is 380 g/mol. The Morgan fingerprint density at radius 2 is 1.61 bits per heavy atom. The molecule has 0 aliphatic carbocycles. The molecule has 1 rings (SSSR count). The fourth-order valence-corrected chi connectivity index (χ4v) is 2.44. The van der Waals surface area contributed by atoms with Crippen molar-refractivity contribution in [2.75, 3.05) is 13.2 Å². The highest BCUT2D eigenvalue weighted by Crippen LogP contribution is 2.15. The van der Waals surface area contributed by atoms with E-state index < -0.39 is 60.3 Å². The van der Waals surface area contributed by atoms with Crippen LogP contribution in [-0.4, -0.2) is 48.2 Å². The summed E-state index contributed by atoms with van der Waals surface area (Å²) in [6.07, 6.45) is -1.16. The number of nitrogens with one attached hydrogen (secondary N) is 1. The van der Waals surface area contributed by atoms with Crippen molar-refractivity contribution in [3.8, 4) is 0 Å². The highest BCUT2D eigenvalue weighted by molar-refractivity contribution is 5.91. The lowest BCUT2D eigenvalue weighted by Crippen LogP contribution is -2.50. The quantitative estimate of drug-likeness (QED) is 0.566. The topological polar surface area (TPSA) is 119 Å². The molecule has 2 N–H and O–H groups in total. The van der Waals surface area contributed by atoms with Crippen molar-refractivity contribution in [2.24, 2.45) is 5.92 Å². The molecule has 0 saturated heterocycles. The SMILES string of the molecule is CCOC(=O)C[C@H](C(=O)OCC)[C@@H](NC(=O)Cc1cc(F)cc(F)c1)C(=O)O. The van der Waals surface area contributed by atoms with Gasteiger partial charge in [-0.15, -0.1) is 0 Å². The third kappa shape index (κ3) is 7.29. The van der Waals surface area contributed by atoms with E-state index in [2.05, 4.69) is 5.32 Å². The Labute approximate surface area is 159 Å². The zero-order valence-corrected chi connectivity index (χ0v) is 15.4. The number of carbonyl (C=O) groups is 4. The molecule has 154 valence electrons. The van der Waals surface area contributed by atoms with Crippen LogP contribution in [0.4, 0.5) is 8.78 Å². The lowest BCUT2D eigenvalue weighted by molar-refractivity contribution is -0.160. The molecule has 28 heavy (non-hydrogen) atoms. The molecule has 0 aliphatic rings. The Morgan fingerprint density at radius 1 is 1.04 bits per heavy atom. The number of hydrogen-bond acceptors (Lipinski definition) is 6. The van der Waals surface area contributed by atoms with Crippen LogP contribution in [0.15, 0.2) is 18.2 Å². The van der Waals surface area contributed by atoms with Crippen LogP contribution in [0.3, 0.4) is 0 Å². The summed E-state index contributed by atoms with van der Waals surface area (Å²) in [4.78, 5) is 47.6. The predicted octanol–water partition coefficient (Wildman–Crippen LogP) is 1.21. The first-order valence-corrected chi connectivity index (χ1v) is 8.47. The van der Waals surface area contributed by atoms with E-state index in [4.69, 9.17) is 9.47 Å². The molecule has 2 atom stereocenters. The molecule has 8 nitrogen and oxygen atoms in total. The Hall–Kier alpha value is -3.04. The Morgan fingerprint density at radius 3 is 2.11 bits per heavy atom. The molecule has 1 aromatic rings. The molecule has 0 unspecified atom stereocenters. The third-order valence-corrected chi connectivity index (χ3v) is 3.55. The Balaban J connectivity index is 2.98. The molecular formula is C18H21F2NO7. The lowest BCUT2D eigenvalue weighted by atomic mass is 9.95. The highest BCUT2D eigenvalue weighted by atomic mass is 19.1. The minimum atomic E-state index is -1.80. The summed E-state index contributed by atoms with van der Waals surface area (Å²) < 4.78 is 36.0. The smallest absolute Gasteiger partial charge is 0.327 e. The monoisotopic (exact) mass is 401 g/mol. The minimum Gasteiger partial charge on any atom is -0.480 e. The van der Waals surface area contributed by atoms with Crippen LogP contribution in [-0.2, 0) is 35.1 Å². The first-order chi connectivity index (χ1) is 13.2. The average molecular weight is 401 g/mol. The van der Waals surface area contributed by atoms with Gasteiger partial charge in [-0.05, 0) is 31.5 Å². The maximum absolute atomic E-state index is 13.2. The molecule has 0 aliphatic heterocycles. The van der Waals surface area contributed by atoms with E-state index in [1.165, 1.54) is 13.8 Å². The maximum Gasteiger partial charge on any atom is 0.327 e. The maximum atomic E-state index is 13.2. The molecule has 1 aromatic carbocycles. The zero-order chi connectivity index (χ0) is 21.3. The van der Waals surface area contributed by atoms with E-state index in [1.54, 1.807) is 0 Å². The Kier molecular flexibility index (Phi) is 9.00. The average Bonchev–Trinajstić information content (AvgIpc) is 2.57. The lowest BCUT2D eigenvalue weighted by Gasteiger charge is -2.22. The van der Waals surface area contributed by atoms with E-state index >= 15 is 0 Å². The van der Waals surface area contributed by atoms with Crippen molar-refractivity contribution < 1.29 is 42.5 Å². The second-order valence-electron chi connectivity index (χ2n) is 5.71. The summed E-state index contributed by atoms with van der Waals surface area (Å²) in [5.41, 5.74) is -0.0304. The summed E-state index contributed by atoms with van der Waals surface area (Å²) in [6.45, 7) is 2.97. The van der Waals surface area contributed by atoms with E-state index in [0.717, 1.165) is 12.1 Å². The number of carboxylic acid groups (broad SMARTS) is 1. The van der Waals surface area contributed by atoms with Crippen LogP contribution >= 0.6 is 0 Å². The fourth-order valence-electron chi connectivity index (χ4n) is 2.44. The van der Waals surface area contributed by atoms with Gasteiger partial charge in [-0.3, -0.25) is 14.4 Å². The normalized spacial score (nSPS) is 12.6. The molecule has 1 amide bonds. The summed E-state index contributed by atoms with van der Waals surface area (Å²) >= 11 is 0. The van der Waals surface area contributed by atoms with Gasteiger partial charge < -0.3 is 19.9 Å². The number of carbonyl (C=O) groups excluding carboxylic acids is 3. The van der Waals surface area contributed by atoms with Gasteiger partial charge in [-0.25, -0.2) is 13.6 Å². The van der Waals surface area contributed by atoms with Gasteiger partial charge in [0.1, 0.15) is 17.7 Å². The number of carboxylic acids is 1. The van der Waals surface area contributed by atoms with Crippen LogP contribution in [0.25, 0.3) is 0 Å². The second kappa shape index (κ2) is 11.0. The van der Waals surface area contributed by atoms with Crippen LogP contribution in [0.5, 0.6) is 0 Å². The van der Waals surface area contributed by atoms with E-state index in [0.29, 0.717) is 6.07 Å². The van der Waals surface area contributed by atoms with Crippen molar-refractivity contribution in [2.45, 2.75) is 32.7 Å². The van der Waals surface area contributed by atoms with Crippen molar-refractivity contribution in [1.29, 1.82) is 0 Å². The first-order valence-electron chi connectivity index (χ1n) is 8.47. The van der Waals surface area contributed by atoms with Gasteiger partial charge in [0.05, 0.1) is 32.0 Å². The molecule has 0 spiro atoms. The van der Waals surface area contributed by atoms with Crippen LogP contribution in [0.1, 0.15) is 25.8 Å². The van der Waals surface area contributed by atoms with Crippen LogP contribution < -0.4 is 5.32 Å². The second-order valence-corrected chi connectivity index (χ2v) is 5.71. The molecule has 0 radical (unpaired) electrons. The van der Waals surface area contributed by atoms with Crippen molar-refractivity contribution in [3.63, 3.8) is 0 Å². The number of esters is 2. The number of rotatable bonds is 10. The number of ether oxygens (including phenoxy) is 2. The molecule has 0 aromatic heterocycles. The largest absolute Gasteiger partial charge is 0.480 e. The summed E-state index contributed by atoms with van der Waals surface area (Å²) in [5, 5.41) is 11.5. The van der Waals surface area contributed by atoms with Gasteiger partial charge in [0.25, 0.3) is 0 Å². The van der Waals surface area contributed by atoms with Gasteiger partial charge in [0, 0.05) is 6.07 Å². The van der Waals surface area contributed by atoms with Gasteiger partial charge >= 0.3 is 17.9 Å². The molecule has 0 heterocycles. The summed E-state index contributed by atoms with van der Waals surface area (Å²) in [6, 6.07) is 0.659. The summed E-state index contributed by atoms with van der Waals surface area (Å²) in [5.74, 6) is -7.66. The molecule has 0 fully saturated rings. The van der Waals surface area contributed by atoms with E-state index in [1.807, 2.05) is 0 Å². The van der Waals surface area contributed by atoms with Crippen molar-refractivity contribution in [1.82, 2.24) is 5.32 Å². The van der Waals surface area contributed by atoms with Crippen molar-refractivity contribution >= 4 is 23.8 Å². The number of benzene rings is 1. The number of amides is 1. The highest BCUT2D eigenvalue weighted by Gasteiger charge is 2.38. The summed E-state index contributed by atoms with van der Waals surface area (Å²) in [7, 11) is 0. The van der Waals surface area contributed by atoms with E-state index in [9.17, 15) is 33.1 Å². The molecule has 10 heteroatoms. The number of hydrogen-bond donors (Lipinski definition) is 2. The minimum absolute atomic E-state index is 0.0175. The zero-order valence-electron chi connectivity index (χ0n) is 15.4. The van der Waals surface area contributed by atoms with Gasteiger partial charge in [-0.1, -0.05) is 0 Å². The standard InChI is InChI=1S/C18H21F2NO7/c1-3-27-15(23)9-13(18(26)28-4-2)16(17(24)25)21-14(22)7-10-5-11(19)8-12(20)6-10/h5-6,8,13,16H,3-4,7,9H2,1-2H3,(H,21,22)(H,24,25)/t13-,16+/m0/s1.